The molecule has 3 aromatic carbocycles. The second-order valence-corrected chi connectivity index (χ2v) is 15.0. The molecule has 6 rings (SSSR count). The number of carbonyl (C=O) groups excluding carboxylic acids is 1. The molecule has 0 bridgehead atoms. The minimum atomic E-state index is -3.82. The second-order valence-electron chi connectivity index (χ2n) is 12.4. The van der Waals surface area contributed by atoms with Gasteiger partial charge in [0.05, 0.1) is 34.1 Å². The molecule has 47 heavy (non-hydrogen) atoms. The fraction of sp³-hybridized carbons (Fsp3) is 0.286. The third-order valence-corrected chi connectivity index (χ3v) is 10.1. The van der Waals surface area contributed by atoms with E-state index in [9.17, 15) is 13.2 Å². The van der Waals surface area contributed by atoms with Crippen molar-refractivity contribution in [1.29, 1.82) is 0 Å². The number of esters is 1. The lowest BCUT2D eigenvalue weighted by molar-refractivity contribution is 0.0526. The first-order valence-electron chi connectivity index (χ1n) is 15.5. The third-order valence-electron chi connectivity index (χ3n) is 8.24. The van der Waals surface area contributed by atoms with Gasteiger partial charge in [0.1, 0.15) is 11.9 Å². The summed E-state index contributed by atoms with van der Waals surface area (Å²) in [5.74, 6) is -0.0122. The van der Waals surface area contributed by atoms with E-state index in [1.807, 2.05) is 48.5 Å². The number of fused-ring (bicyclic) bond motifs is 1. The highest BCUT2D eigenvalue weighted by molar-refractivity contribution is 9.10. The van der Waals surface area contributed by atoms with E-state index in [1.54, 1.807) is 48.4 Å². The van der Waals surface area contributed by atoms with Crippen LogP contribution in [0.3, 0.4) is 0 Å². The van der Waals surface area contributed by atoms with Crippen molar-refractivity contribution in [1.82, 2.24) is 14.5 Å². The molecule has 3 heterocycles. The SMILES string of the molecule is CCOC(=O)c1c(-n2ccnc2)nc2ccc(Br)cc2c1N1CCN(c2ccccc2NS(=O)(=O)c2ccc(C(C)(C)C)cc2)CC1. The van der Waals surface area contributed by atoms with Crippen molar-refractivity contribution < 1.29 is 17.9 Å². The largest absolute Gasteiger partial charge is 0.462 e. The number of benzene rings is 3. The maximum Gasteiger partial charge on any atom is 0.344 e. The van der Waals surface area contributed by atoms with Gasteiger partial charge < -0.3 is 14.5 Å². The van der Waals surface area contributed by atoms with Gasteiger partial charge in [-0.25, -0.2) is 23.2 Å². The standard InChI is InChI=1S/C35H37BrN6O4S/c1-5-46-34(43)31-32(27-22-25(36)12-15-28(27)38-33(31)42-17-16-37-23-42)41-20-18-40(19-21-41)30-9-7-6-8-29(30)39-47(44,45)26-13-10-24(11-14-26)35(2,3)4/h6-17,22-23,39H,5,18-21H2,1-4H3. The van der Waals surface area contributed by atoms with Gasteiger partial charge >= 0.3 is 5.97 Å². The number of hydrogen-bond donors (Lipinski definition) is 1. The molecule has 1 N–H and O–H groups in total. The highest BCUT2D eigenvalue weighted by Crippen LogP contribution is 2.37. The first-order chi connectivity index (χ1) is 22.5. The molecule has 1 fully saturated rings. The van der Waals surface area contributed by atoms with E-state index in [0.29, 0.717) is 43.2 Å². The van der Waals surface area contributed by atoms with Crippen LogP contribution in [0.1, 0.15) is 43.6 Å². The average molecular weight is 718 g/mol. The Hall–Kier alpha value is -4.42. The predicted molar refractivity (Wildman–Crippen MR) is 189 cm³/mol. The smallest absolute Gasteiger partial charge is 0.344 e. The van der Waals surface area contributed by atoms with Crippen molar-refractivity contribution in [2.75, 3.05) is 47.3 Å². The van der Waals surface area contributed by atoms with Crippen LogP contribution in [0.15, 0.2) is 94.8 Å². The van der Waals surface area contributed by atoms with Gasteiger partial charge in [-0.3, -0.25) is 9.29 Å². The molecule has 12 heteroatoms. The number of aromatic nitrogens is 3. The number of halogens is 1. The van der Waals surface area contributed by atoms with Crippen molar-refractivity contribution in [3.8, 4) is 5.82 Å². The minimum absolute atomic E-state index is 0.0817. The zero-order chi connectivity index (χ0) is 33.3. The van der Waals surface area contributed by atoms with Crippen LogP contribution in [0.25, 0.3) is 16.7 Å². The topological polar surface area (TPSA) is 110 Å². The van der Waals surface area contributed by atoms with Crippen LogP contribution in [0.4, 0.5) is 17.1 Å². The average Bonchev–Trinajstić information content (AvgIpc) is 3.59. The normalized spacial score (nSPS) is 14.0. The molecule has 0 amide bonds. The third kappa shape index (κ3) is 6.70. The van der Waals surface area contributed by atoms with E-state index in [1.165, 1.54) is 0 Å². The number of nitrogens with zero attached hydrogens (tertiary/aromatic N) is 5. The Labute approximate surface area is 283 Å². The van der Waals surface area contributed by atoms with Crippen LogP contribution in [0.2, 0.25) is 0 Å². The summed E-state index contributed by atoms with van der Waals surface area (Å²) in [7, 11) is -3.82. The van der Waals surface area contributed by atoms with E-state index >= 15 is 0 Å². The van der Waals surface area contributed by atoms with Gasteiger partial charge in [0.15, 0.2) is 5.82 Å². The molecule has 0 unspecified atom stereocenters. The number of piperazine rings is 1. The number of ether oxygens (including phenoxy) is 1. The first-order valence-corrected chi connectivity index (χ1v) is 17.7. The monoisotopic (exact) mass is 716 g/mol. The molecular formula is C35H37BrN6O4S. The molecular weight excluding hydrogens is 680 g/mol. The minimum Gasteiger partial charge on any atom is -0.462 e. The summed E-state index contributed by atoms with van der Waals surface area (Å²) in [6.07, 6.45) is 5.02. The Morgan fingerprint density at radius 3 is 2.34 bits per heavy atom. The van der Waals surface area contributed by atoms with Crippen LogP contribution in [-0.4, -0.2) is 61.7 Å². The van der Waals surface area contributed by atoms with Crippen molar-refractivity contribution in [3.05, 3.63) is 101 Å². The quantitative estimate of drug-likeness (QED) is 0.175. The number of pyridine rings is 1. The summed E-state index contributed by atoms with van der Waals surface area (Å²) in [6.45, 7) is 10.6. The molecule has 1 saturated heterocycles. The molecule has 0 saturated carbocycles. The highest BCUT2D eigenvalue weighted by atomic mass is 79.9. The number of sulfonamides is 1. The number of rotatable bonds is 8. The Kier molecular flexibility index (Phi) is 8.99. The van der Waals surface area contributed by atoms with Gasteiger partial charge in [0.2, 0.25) is 0 Å². The van der Waals surface area contributed by atoms with Crippen LogP contribution in [0.5, 0.6) is 0 Å². The molecule has 0 spiro atoms. The van der Waals surface area contributed by atoms with Crippen molar-refractivity contribution in [2.24, 2.45) is 0 Å². The summed E-state index contributed by atoms with van der Waals surface area (Å²) in [5, 5.41) is 0.824. The van der Waals surface area contributed by atoms with Crippen molar-refractivity contribution in [3.63, 3.8) is 0 Å². The molecule has 1 aliphatic rings. The highest BCUT2D eigenvalue weighted by Gasteiger charge is 2.30. The molecule has 0 atom stereocenters. The number of hydrogen-bond acceptors (Lipinski definition) is 8. The molecule has 5 aromatic rings. The lowest BCUT2D eigenvalue weighted by atomic mass is 9.87. The number of nitrogens with one attached hydrogen (secondary N) is 1. The van der Waals surface area contributed by atoms with Gasteiger partial charge in [0, 0.05) is 48.4 Å². The van der Waals surface area contributed by atoms with Crippen molar-refractivity contribution in [2.45, 2.75) is 38.0 Å². The number of anilines is 3. The molecule has 10 nitrogen and oxygen atoms in total. The molecule has 1 aliphatic heterocycles. The van der Waals surface area contributed by atoms with Gasteiger partial charge in [-0.05, 0) is 60.4 Å². The van der Waals surface area contributed by atoms with Gasteiger partial charge in [-0.15, -0.1) is 0 Å². The number of carbonyl (C=O) groups is 1. The predicted octanol–water partition coefficient (Wildman–Crippen LogP) is 6.78. The van der Waals surface area contributed by atoms with E-state index in [2.05, 4.69) is 56.2 Å². The fourth-order valence-corrected chi connectivity index (χ4v) is 7.28. The van der Waals surface area contributed by atoms with E-state index in [4.69, 9.17) is 9.72 Å². The second kappa shape index (κ2) is 13.0. The lowest BCUT2D eigenvalue weighted by Crippen LogP contribution is -2.47. The summed E-state index contributed by atoms with van der Waals surface area (Å²) < 4.78 is 37.9. The van der Waals surface area contributed by atoms with Gasteiger partial charge in [-0.2, -0.15) is 0 Å². The Balaban J connectivity index is 1.31. The molecule has 0 radical (unpaired) electrons. The summed E-state index contributed by atoms with van der Waals surface area (Å²) >= 11 is 3.60. The summed E-state index contributed by atoms with van der Waals surface area (Å²) in [4.78, 5) is 27.2. The van der Waals surface area contributed by atoms with Crippen LogP contribution < -0.4 is 14.5 Å². The van der Waals surface area contributed by atoms with Crippen LogP contribution in [0, 0.1) is 0 Å². The maximum atomic E-state index is 13.6. The zero-order valence-electron chi connectivity index (χ0n) is 26.8. The molecule has 244 valence electrons. The molecule has 0 aliphatic carbocycles. The maximum absolute atomic E-state index is 13.6. The molecule has 2 aromatic heterocycles. The first kappa shape index (κ1) is 32.5. The summed E-state index contributed by atoms with van der Waals surface area (Å²) in [5.41, 5.74) is 4.12. The number of para-hydroxylation sites is 2. The van der Waals surface area contributed by atoms with Crippen LogP contribution >= 0.6 is 15.9 Å². The van der Waals surface area contributed by atoms with Gasteiger partial charge in [-0.1, -0.05) is 61.0 Å². The van der Waals surface area contributed by atoms with Gasteiger partial charge in [0.25, 0.3) is 10.0 Å². The summed E-state index contributed by atoms with van der Waals surface area (Å²) in [6, 6.07) is 20.3. The Morgan fingerprint density at radius 2 is 1.68 bits per heavy atom. The van der Waals surface area contributed by atoms with E-state index in [0.717, 1.165) is 32.3 Å². The lowest BCUT2D eigenvalue weighted by Gasteiger charge is -2.39. The van der Waals surface area contributed by atoms with Crippen molar-refractivity contribution >= 4 is 59.9 Å². The fourth-order valence-electron chi connectivity index (χ4n) is 5.84. The Morgan fingerprint density at radius 1 is 0.979 bits per heavy atom. The number of imidazole rings is 1. The Bertz CT molecular complexity index is 2020. The zero-order valence-corrected chi connectivity index (χ0v) is 29.2. The van der Waals surface area contributed by atoms with E-state index in [-0.39, 0.29) is 16.9 Å². The van der Waals surface area contributed by atoms with E-state index < -0.39 is 16.0 Å². The van der Waals surface area contributed by atoms with Crippen LogP contribution in [-0.2, 0) is 20.2 Å².